The fourth-order valence-electron chi connectivity index (χ4n) is 3.51. The molecule has 0 aliphatic carbocycles. The molecule has 0 saturated carbocycles. The molecule has 0 atom stereocenters. The van der Waals surface area contributed by atoms with E-state index in [0.29, 0.717) is 59.3 Å². The van der Waals surface area contributed by atoms with Crippen LogP contribution in [0.15, 0.2) is 48.8 Å². The SMILES string of the molecule is CC.CSC(=N)c1ccc(C(=O)N2CCOCC2)cc1Nc1ncc(-c2cc(C#N)ccc2F)cn1.O. The molecule has 4 N–H and O–H groups in total. The van der Waals surface area contributed by atoms with E-state index in [2.05, 4.69) is 15.3 Å². The minimum Gasteiger partial charge on any atom is -0.412 e. The average molecular weight is 525 g/mol. The third kappa shape index (κ3) is 7.10. The molecule has 4 rings (SSSR count). The van der Waals surface area contributed by atoms with Crippen molar-refractivity contribution in [2.24, 2.45) is 0 Å². The summed E-state index contributed by atoms with van der Waals surface area (Å²) in [4.78, 5) is 23.2. The smallest absolute Gasteiger partial charge is 0.254 e. The van der Waals surface area contributed by atoms with Gasteiger partial charge in [0, 0.05) is 47.7 Å². The number of halogens is 1. The Labute approximate surface area is 219 Å². The number of rotatable bonds is 5. The van der Waals surface area contributed by atoms with E-state index in [1.165, 1.54) is 42.4 Å². The monoisotopic (exact) mass is 524 g/mol. The lowest BCUT2D eigenvalue weighted by Gasteiger charge is -2.27. The third-order valence-corrected chi connectivity index (χ3v) is 5.95. The molecule has 2 heterocycles. The normalized spacial score (nSPS) is 12.4. The molecule has 1 aromatic heterocycles. The van der Waals surface area contributed by atoms with Gasteiger partial charge in [-0.1, -0.05) is 13.8 Å². The van der Waals surface area contributed by atoms with Crippen LogP contribution in [0.1, 0.15) is 35.3 Å². The van der Waals surface area contributed by atoms with Gasteiger partial charge in [-0.2, -0.15) is 5.26 Å². The van der Waals surface area contributed by atoms with Gasteiger partial charge >= 0.3 is 0 Å². The van der Waals surface area contributed by atoms with E-state index < -0.39 is 5.82 Å². The van der Waals surface area contributed by atoms with Crippen LogP contribution in [-0.4, -0.2) is 63.9 Å². The number of hydrogen-bond donors (Lipinski definition) is 2. The molecule has 1 aliphatic heterocycles. The molecule has 11 heteroatoms. The van der Waals surface area contributed by atoms with Crippen molar-refractivity contribution in [2.75, 3.05) is 37.9 Å². The highest BCUT2D eigenvalue weighted by Crippen LogP contribution is 2.27. The Morgan fingerprint density at radius 1 is 1.16 bits per heavy atom. The molecule has 0 unspecified atom stereocenters. The van der Waals surface area contributed by atoms with Gasteiger partial charge in [0.05, 0.1) is 35.6 Å². The Hall–Kier alpha value is -3.85. The molecule has 3 aromatic rings. The van der Waals surface area contributed by atoms with Gasteiger partial charge in [0.1, 0.15) is 5.82 Å². The van der Waals surface area contributed by atoms with Gasteiger partial charge in [0.15, 0.2) is 0 Å². The molecule has 0 bridgehead atoms. The largest absolute Gasteiger partial charge is 0.412 e. The van der Waals surface area contributed by atoms with Crippen LogP contribution in [0.4, 0.5) is 16.0 Å². The van der Waals surface area contributed by atoms with Gasteiger partial charge in [-0.15, -0.1) is 11.8 Å². The number of nitriles is 1. The number of anilines is 2. The zero-order valence-electron chi connectivity index (χ0n) is 20.8. The zero-order valence-corrected chi connectivity index (χ0v) is 21.7. The van der Waals surface area contributed by atoms with E-state index >= 15 is 0 Å². The van der Waals surface area contributed by atoms with Crippen molar-refractivity contribution < 1.29 is 19.4 Å². The van der Waals surface area contributed by atoms with Gasteiger partial charge in [0.2, 0.25) is 5.95 Å². The number of amides is 1. The summed E-state index contributed by atoms with van der Waals surface area (Å²) in [7, 11) is 0. The Morgan fingerprint density at radius 3 is 2.46 bits per heavy atom. The first-order chi connectivity index (χ1) is 17.5. The van der Waals surface area contributed by atoms with E-state index in [1.54, 1.807) is 29.4 Å². The maximum atomic E-state index is 14.2. The highest BCUT2D eigenvalue weighted by Gasteiger charge is 2.20. The van der Waals surface area contributed by atoms with Crippen LogP contribution in [0, 0.1) is 22.6 Å². The minimum atomic E-state index is -0.478. The lowest BCUT2D eigenvalue weighted by molar-refractivity contribution is 0.0303. The number of nitrogens with zero attached hydrogens (tertiary/aromatic N) is 4. The molecule has 9 nitrogen and oxygen atoms in total. The Balaban J connectivity index is 0.00000157. The van der Waals surface area contributed by atoms with Crippen molar-refractivity contribution in [1.29, 1.82) is 10.7 Å². The van der Waals surface area contributed by atoms with Crippen LogP contribution in [0.25, 0.3) is 11.1 Å². The molecule has 1 aliphatic rings. The van der Waals surface area contributed by atoms with Crippen LogP contribution in [-0.2, 0) is 4.74 Å². The molecule has 0 radical (unpaired) electrons. The molecule has 194 valence electrons. The van der Waals surface area contributed by atoms with E-state index in [4.69, 9.17) is 15.4 Å². The summed E-state index contributed by atoms with van der Waals surface area (Å²) in [5.74, 6) is -0.363. The van der Waals surface area contributed by atoms with Crippen LogP contribution < -0.4 is 5.32 Å². The van der Waals surface area contributed by atoms with Crippen molar-refractivity contribution in [1.82, 2.24) is 14.9 Å². The van der Waals surface area contributed by atoms with Crippen LogP contribution in [0.3, 0.4) is 0 Å². The van der Waals surface area contributed by atoms with E-state index in [-0.39, 0.29) is 22.9 Å². The number of morpholine rings is 1. The first-order valence-electron chi connectivity index (χ1n) is 11.4. The van der Waals surface area contributed by atoms with E-state index in [1.807, 2.05) is 19.9 Å². The predicted octanol–water partition coefficient (Wildman–Crippen LogP) is 4.26. The fourth-order valence-corrected chi connectivity index (χ4v) is 3.90. The number of benzene rings is 2. The Kier molecular flexibility index (Phi) is 11.1. The third-order valence-electron chi connectivity index (χ3n) is 5.32. The van der Waals surface area contributed by atoms with Crippen LogP contribution in [0.5, 0.6) is 0 Å². The molecule has 1 fully saturated rings. The number of thioether (sulfide) groups is 1. The van der Waals surface area contributed by atoms with Gasteiger partial charge in [-0.3, -0.25) is 10.2 Å². The number of carbonyl (C=O) groups is 1. The van der Waals surface area contributed by atoms with Crippen molar-refractivity contribution in [2.45, 2.75) is 13.8 Å². The quantitative estimate of drug-likeness (QED) is 0.374. The van der Waals surface area contributed by atoms with Crippen molar-refractivity contribution >= 4 is 34.3 Å². The zero-order chi connectivity index (χ0) is 26.1. The second kappa shape index (κ2) is 14.0. The number of ether oxygens (including phenoxy) is 1. The van der Waals surface area contributed by atoms with Crippen molar-refractivity contribution in [3.63, 3.8) is 0 Å². The summed E-state index contributed by atoms with van der Waals surface area (Å²) < 4.78 is 19.6. The summed E-state index contributed by atoms with van der Waals surface area (Å²) in [5, 5.41) is 20.8. The molecular weight excluding hydrogens is 495 g/mol. The summed E-state index contributed by atoms with van der Waals surface area (Å²) >= 11 is 1.27. The van der Waals surface area contributed by atoms with Crippen molar-refractivity contribution in [3.05, 3.63) is 71.3 Å². The molecule has 0 spiro atoms. The first kappa shape index (κ1) is 29.4. The Bertz CT molecular complexity index is 1270. The summed E-state index contributed by atoms with van der Waals surface area (Å²) in [5.41, 5.74) is 2.59. The lowest BCUT2D eigenvalue weighted by Crippen LogP contribution is -2.40. The van der Waals surface area contributed by atoms with Gasteiger partial charge in [0.25, 0.3) is 5.91 Å². The van der Waals surface area contributed by atoms with E-state index in [0.717, 1.165) is 0 Å². The van der Waals surface area contributed by atoms with Gasteiger partial charge < -0.3 is 20.4 Å². The van der Waals surface area contributed by atoms with Crippen LogP contribution in [0.2, 0.25) is 0 Å². The summed E-state index contributed by atoms with van der Waals surface area (Å²) in [6.45, 7) is 6.06. The average Bonchev–Trinajstić information content (AvgIpc) is 2.94. The van der Waals surface area contributed by atoms with Gasteiger partial charge in [-0.25, -0.2) is 14.4 Å². The van der Waals surface area contributed by atoms with Crippen LogP contribution >= 0.6 is 11.8 Å². The highest BCUT2D eigenvalue weighted by atomic mass is 32.2. The topological polar surface area (TPSA) is 146 Å². The first-order valence-corrected chi connectivity index (χ1v) is 12.7. The number of hydrogen-bond acceptors (Lipinski definition) is 8. The maximum absolute atomic E-state index is 14.2. The summed E-state index contributed by atoms with van der Waals surface area (Å²) in [6, 6.07) is 11.2. The van der Waals surface area contributed by atoms with E-state index in [9.17, 15) is 9.18 Å². The standard InChI is InChI=1S/C24H21FN6O2S.C2H6.H2O/c1-34-22(27)18-4-3-16(23(32)31-6-8-33-9-7-31)11-21(18)30-24-28-13-17(14-29-24)19-10-15(12-26)2-5-20(19)25;1-2;/h2-5,10-11,13-14,27H,6-9H2,1H3,(H,28,29,30);1-2H3;1H2. The number of carbonyl (C=O) groups excluding carboxylic acids is 1. The lowest BCUT2D eigenvalue weighted by atomic mass is 10.1. The molecule has 1 amide bonds. The minimum absolute atomic E-state index is 0. The number of aromatic nitrogens is 2. The second-order valence-corrected chi connectivity index (χ2v) is 8.24. The van der Waals surface area contributed by atoms with Crippen molar-refractivity contribution in [3.8, 4) is 17.2 Å². The molecule has 1 saturated heterocycles. The molecule has 37 heavy (non-hydrogen) atoms. The molecule has 2 aromatic carbocycles. The second-order valence-electron chi connectivity index (χ2n) is 7.42. The number of nitrogens with one attached hydrogen (secondary N) is 2. The highest BCUT2D eigenvalue weighted by molar-refractivity contribution is 8.13. The molecular formula is C26H29FN6O3S. The fraction of sp³-hybridized carbons (Fsp3) is 0.269. The maximum Gasteiger partial charge on any atom is 0.254 e. The van der Waals surface area contributed by atoms with Gasteiger partial charge in [-0.05, 0) is 42.7 Å². The summed E-state index contributed by atoms with van der Waals surface area (Å²) in [6.07, 6.45) is 4.71. The Morgan fingerprint density at radius 2 is 1.84 bits per heavy atom. The predicted molar refractivity (Wildman–Crippen MR) is 144 cm³/mol.